The van der Waals surface area contributed by atoms with Crippen LogP contribution < -0.4 is 10.6 Å². The minimum atomic E-state index is -0.852. The van der Waals surface area contributed by atoms with Crippen molar-refractivity contribution in [1.82, 2.24) is 10.6 Å². The number of rotatable bonds is 6. The maximum absolute atomic E-state index is 11.6. The number of amides is 2. The van der Waals surface area contributed by atoms with E-state index in [0.29, 0.717) is 13.0 Å². The Hall–Kier alpha value is -2.04. The molecule has 0 saturated heterocycles. The van der Waals surface area contributed by atoms with Crippen molar-refractivity contribution in [1.29, 1.82) is 0 Å². The predicted octanol–water partition coefficient (Wildman–Crippen LogP) is 2.22. The molecule has 0 aromatic heterocycles. The normalized spacial score (nSPS) is 11.7. The molecule has 1 rings (SSSR count). The first-order valence-corrected chi connectivity index (χ1v) is 6.32. The van der Waals surface area contributed by atoms with E-state index in [2.05, 4.69) is 10.6 Å². The molecule has 1 aromatic carbocycles. The van der Waals surface area contributed by atoms with Gasteiger partial charge >= 0.3 is 12.0 Å². The fourth-order valence-corrected chi connectivity index (χ4v) is 1.63. The molecule has 3 N–H and O–H groups in total. The van der Waals surface area contributed by atoms with Crippen molar-refractivity contribution in [2.24, 2.45) is 0 Å². The summed E-state index contributed by atoms with van der Waals surface area (Å²) in [5, 5.41) is 13.9. The third-order valence-corrected chi connectivity index (χ3v) is 2.78. The average Bonchev–Trinajstić information content (AvgIpc) is 2.35. The van der Waals surface area contributed by atoms with Crippen LogP contribution in [0.2, 0.25) is 0 Å². The molecule has 1 atom stereocenters. The minimum absolute atomic E-state index is 0.0633. The zero-order valence-corrected chi connectivity index (χ0v) is 11.3. The largest absolute Gasteiger partial charge is 0.481 e. The third kappa shape index (κ3) is 5.90. The Morgan fingerprint density at radius 2 is 1.89 bits per heavy atom. The zero-order valence-electron chi connectivity index (χ0n) is 11.3. The highest BCUT2D eigenvalue weighted by atomic mass is 16.4. The number of urea groups is 1. The van der Waals surface area contributed by atoms with Gasteiger partial charge < -0.3 is 15.7 Å². The Bertz CT molecular complexity index is 429. The third-order valence-electron chi connectivity index (χ3n) is 2.78. The van der Waals surface area contributed by atoms with Crippen LogP contribution >= 0.6 is 0 Å². The Morgan fingerprint density at radius 3 is 2.47 bits per heavy atom. The molecule has 0 aliphatic heterocycles. The minimum Gasteiger partial charge on any atom is -0.481 e. The summed E-state index contributed by atoms with van der Waals surface area (Å²) in [4.78, 5) is 21.9. The van der Waals surface area contributed by atoms with Gasteiger partial charge in [0.15, 0.2) is 0 Å². The second-order valence-corrected chi connectivity index (χ2v) is 4.53. The molecule has 104 valence electrons. The van der Waals surface area contributed by atoms with Gasteiger partial charge in [0.25, 0.3) is 0 Å². The number of aliphatic carboxylic acids is 1. The lowest BCUT2D eigenvalue weighted by Crippen LogP contribution is -2.37. The number of carbonyl (C=O) groups is 2. The summed E-state index contributed by atoms with van der Waals surface area (Å²) in [6.45, 7) is 4.28. The summed E-state index contributed by atoms with van der Waals surface area (Å²) < 4.78 is 0. The lowest BCUT2D eigenvalue weighted by molar-refractivity contribution is -0.137. The van der Waals surface area contributed by atoms with Crippen LogP contribution in [0.3, 0.4) is 0 Å². The number of aryl methyl sites for hydroxylation is 1. The lowest BCUT2D eigenvalue weighted by atomic mass is 10.1. The molecule has 0 bridgehead atoms. The Kier molecular flexibility index (Phi) is 5.85. The topological polar surface area (TPSA) is 78.4 Å². The highest BCUT2D eigenvalue weighted by molar-refractivity contribution is 5.74. The maximum atomic E-state index is 11.6. The van der Waals surface area contributed by atoms with Gasteiger partial charge in [0.1, 0.15) is 0 Å². The molecule has 5 nitrogen and oxygen atoms in total. The second kappa shape index (κ2) is 7.41. The van der Waals surface area contributed by atoms with Crippen molar-refractivity contribution in [3.63, 3.8) is 0 Å². The van der Waals surface area contributed by atoms with E-state index >= 15 is 0 Å². The number of carbonyl (C=O) groups excluding carboxylic acids is 1. The molecule has 0 saturated carbocycles. The first-order valence-electron chi connectivity index (χ1n) is 6.32. The number of hydrogen-bond acceptors (Lipinski definition) is 2. The van der Waals surface area contributed by atoms with Crippen LogP contribution in [0, 0.1) is 6.92 Å². The summed E-state index contributed by atoms with van der Waals surface area (Å²) in [6, 6.07) is 7.59. The molecule has 5 heteroatoms. The van der Waals surface area contributed by atoms with E-state index in [1.165, 1.54) is 5.56 Å². The zero-order chi connectivity index (χ0) is 14.3. The standard InChI is InChI=1S/C14H20N2O3/c1-10-5-7-12(8-6-10)11(2)16-14(19)15-9-3-4-13(17)18/h5-8,11H,3-4,9H2,1-2H3,(H,17,18)(H2,15,16,19). The van der Waals surface area contributed by atoms with E-state index in [-0.39, 0.29) is 18.5 Å². The molecule has 0 aliphatic carbocycles. The fraction of sp³-hybridized carbons (Fsp3) is 0.429. The second-order valence-electron chi connectivity index (χ2n) is 4.53. The molecule has 19 heavy (non-hydrogen) atoms. The quantitative estimate of drug-likeness (QED) is 0.689. The summed E-state index contributed by atoms with van der Waals surface area (Å²) in [7, 11) is 0. The maximum Gasteiger partial charge on any atom is 0.315 e. The number of benzene rings is 1. The molecule has 0 fully saturated rings. The van der Waals surface area contributed by atoms with Gasteiger partial charge in [0, 0.05) is 13.0 Å². The Labute approximate surface area is 113 Å². The first kappa shape index (κ1) is 15.0. The van der Waals surface area contributed by atoms with Gasteiger partial charge in [-0.2, -0.15) is 0 Å². The summed E-state index contributed by atoms with van der Waals surface area (Å²) in [6.07, 6.45) is 0.495. The monoisotopic (exact) mass is 264 g/mol. The van der Waals surface area contributed by atoms with Crippen molar-refractivity contribution in [3.05, 3.63) is 35.4 Å². The van der Waals surface area contributed by atoms with Crippen LogP contribution in [0.4, 0.5) is 4.79 Å². The van der Waals surface area contributed by atoms with E-state index < -0.39 is 5.97 Å². The number of carboxylic acid groups (broad SMARTS) is 1. The first-order chi connectivity index (χ1) is 8.99. The highest BCUT2D eigenvalue weighted by Crippen LogP contribution is 2.12. The average molecular weight is 264 g/mol. The number of carboxylic acids is 1. The lowest BCUT2D eigenvalue weighted by Gasteiger charge is -2.15. The Morgan fingerprint density at radius 1 is 1.26 bits per heavy atom. The SMILES string of the molecule is Cc1ccc(C(C)NC(=O)NCCCC(=O)O)cc1. The van der Waals surface area contributed by atoms with E-state index in [4.69, 9.17) is 5.11 Å². The highest BCUT2D eigenvalue weighted by Gasteiger charge is 2.08. The van der Waals surface area contributed by atoms with E-state index in [0.717, 1.165) is 5.56 Å². The van der Waals surface area contributed by atoms with Gasteiger partial charge in [0.05, 0.1) is 6.04 Å². The van der Waals surface area contributed by atoms with Gasteiger partial charge in [-0.25, -0.2) is 4.79 Å². The van der Waals surface area contributed by atoms with Gasteiger partial charge in [0.2, 0.25) is 0 Å². The molecule has 1 unspecified atom stereocenters. The summed E-state index contributed by atoms with van der Waals surface area (Å²) >= 11 is 0. The number of nitrogens with one attached hydrogen (secondary N) is 2. The molecule has 1 aromatic rings. The van der Waals surface area contributed by atoms with Crippen LogP contribution in [0.1, 0.15) is 36.9 Å². The van der Waals surface area contributed by atoms with Crippen LogP contribution in [0.5, 0.6) is 0 Å². The molecule has 0 spiro atoms. The van der Waals surface area contributed by atoms with Crippen molar-refractivity contribution >= 4 is 12.0 Å². The van der Waals surface area contributed by atoms with Crippen molar-refractivity contribution in [3.8, 4) is 0 Å². The van der Waals surface area contributed by atoms with Crippen molar-refractivity contribution in [2.45, 2.75) is 32.7 Å². The van der Waals surface area contributed by atoms with E-state index in [9.17, 15) is 9.59 Å². The predicted molar refractivity (Wildman–Crippen MR) is 73.0 cm³/mol. The van der Waals surface area contributed by atoms with Gasteiger partial charge in [-0.15, -0.1) is 0 Å². The molecule has 2 amide bonds. The molecular formula is C14H20N2O3. The van der Waals surface area contributed by atoms with E-state index in [1.807, 2.05) is 38.1 Å². The van der Waals surface area contributed by atoms with Gasteiger partial charge in [-0.1, -0.05) is 29.8 Å². The van der Waals surface area contributed by atoms with Crippen LogP contribution in [0.25, 0.3) is 0 Å². The molecular weight excluding hydrogens is 244 g/mol. The molecule has 0 radical (unpaired) electrons. The van der Waals surface area contributed by atoms with Crippen molar-refractivity contribution < 1.29 is 14.7 Å². The molecule has 0 aliphatic rings. The summed E-state index contributed by atoms with van der Waals surface area (Å²) in [5.74, 6) is -0.852. The van der Waals surface area contributed by atoms with Gasteiger partial charge in [-0.3, -0.25) is 4.79 Å². The number of hydrogen-bond donors (Lipinski definition) is 3. The Balaban J connectivity index is 2.31. The molecule has 0 heterocycles. The van der Waals surface area contributed by atoms with Gasteiger partial charge in [-0.05, 0) is 25.8 Å². The van der Waals surface area contributed by atoms with E-state index in [1.54, 1.807) is 0 Å². The van der Waals surface area contributed by atoms with Crippen LogP contribution in [-0.2, 0) is 4.79 Å². The van der Waals surface area contributed by atoms with Crippen molar-refractivity contribution in [2.75, 3.05) is 6.54 Å². The fourth-order valence-electron chi connectivity index (χ4n) is 1.63. The summed E-state index contributed by atoms with van der Waals surface area (Å²) in [5.41, 5.74) is 2.21. The van der Waals surface area contributed by atoms with Crippen LogP contribution in [-0.4, -0.2) is 23.7 Å². The smallest absolute Gasteiger partial charge is 0.315 e. The van der Waals surface area contributed by atoms with Crippen LogP contribution in [0.15, 0.2) is 24.3 Å².